The van der Waals surface area contributed by atoms with Crippen LogP contribution in [0.1, 0.15) is 70.0 Å². The van der Waals surface area contributed by atoms with Crippen LogP contribution < -0.4 is 25.6 Å². The number of hydrogen-bond acceptors (Lipinski definition) is 14. The third-order valence-corrected chi connectivity index (χ3v) is 14.1. The van der Waals surface area contributed by atoms with Gasteiger partial charge in [-0.15, -0.1) is 11.3 Å². The molecule has 6 aromatic rings. The second kappa shape index (κ2) is 29.5. The summed E-state index contributed by atoms with van der Waals surface area (Å²) >= 11 is 7.48. The van der Waals surface area contributed by atoms with E-state index in [4.69, 9.17) is 40.0 Å². The van der Waals surface area contributed by atoms with Gasteiger partial charge in [0.15, 0.2) is 6.61 Å². The van der Waals surface area contributed by atoms with Crippen molar-refractivity contribution >= 4 is 64.0 Å². The Morgan fingerprint density at radius 1 is 0.759 bits per heavy atom. The average Bonchev–Trinajstić information content (AvgIpc) is 4.36. The predicted octanol–water partition coefficient (Wildman–Crippen LogP) is 8.81. The van der Waals surface area contributed by atoms with E-state index in [1.165, 1.54) is 17.4 Å². The molecule has 2 aliphatic heterocycles. The second-order valence-corrected chi connectivity index (χ2v) is 20.0. The fourth-order valence-electron chi connectivity index (χ4n) is 9.41. The Kier molecular flexibility index (Phi) is 21.5. The number of halogens is 1. The molecule has 2 aliphatic rings. The highest BCUT2D eigenvalue weighted by Crippen LogP contribution is 2.42. The van der Waals surface area contributed by atoms with Crippen LogP contribution in [0.5, 0.6) is 5.75 Å². The summed E-state index contributed by atoms with van der Waals surface area (Å²) < 4.78 is 33.6. The standard InChI is InChI=1S/C60H64ClN7O10S/c1-41-35-54(66-50-16-14-49(61)15-17-50)53-36-46(13-20-55(53)68(41)42(2)69)43-7-9-45(10-8-43)59(71)65-22-25-74-27-29-76-31-33-77-32-30-75-28-26-73-24-21-63-56(70)40-78-51-18-11-44(12-19-51)58-52-6-4-3-5-47(52)39-67(58)60(72)48(38-62)37-57-64-23-34-79-57/h3-20,23,34,36-37,41,54,58,66H,21-22,24-33,35,39-40H2,1-2H3,(H,63,70)(H,65,71)/t41-,54+,58?/m0/s1. The van der Waals surface area contributed by atoms with Crippen LogP contribution in [0.15, 0.2) is 132 Å². The molecule has 19 heteroatoms. The van der Waals surface area contributed by atoms with Gasteiger partial charge in [0.2, 0.25) is 5.91 Å². The number of amides is 4. The van der Waals surface area contributed by atoms with Crippen molar-refractivity contribution in [2.24, 2.45) is 0 Å². The minimum Gasteiger partial charge on any atom is -0.484 e. The summed E-state index contributed by atoms with van der Waals surface area (Å²) in [5, 5.41) is 22.2. The van der Waals surface area contributed by atoms with Crippen LogP contribution in [-0.2, 0) is 44.6 Å². The van der Waals surface area contributed by atoms with E-state index in [1.54, 1.807) is 47.7 Å². The molecule has 0 aliphatic carbocycles. The Morgan fingerprint density at radius 3 is 2.03 bits per heavy atom. The van der Waals surface area contributed by atoms with Crippen molar-refractivity contribution in [1.82, 2.24) is 20.5 Å². The van der Waals surface area contributed by atoms with E-state index in [0.29, 0.717) is 107 Å². The Morgan fingerprint density at radius 2 is 1.39 bits per heavy atom. The molecule has 17 nitrogen and oxygen atoms in total. The number of nitrogens with one attached hydrogen (secondary N) is 3. The lowest BCUT2D eigenvalue weighted by Gasteiger charge is -2.39. The molecule has 1 aromatic heterocycles. The summed E-state index contributed by atoms with van der Waals surface area (Å²) in [4.78, 5) is 59.5. The van der Waals surface area contributed by atoms with Gasteiger partial charge in [0.1, 0.15) is 22.4 Å². The van der Waals surface area contributed by atoms with Gasteiger partial charge in [-0.25, -0.2) is 4.98 Å². The fraction of sp³-hybridized carbons (Fsp3) is 0.333. The first-order valence-electron chi connectivity index (χ1n) is 26.2. The van der Waals surface area contributed by atoms with Gasteiger partial charge in [-0.05, 0) is 113 Å². The third kappa shape index (κ3) is 16.3. The smallest absolute Gasteiger partial charge is 0.265 e. The van der Waals surface area contributed by atoms with Gasteiger partial charge in [0.25, 0.3) is 17.7 Å². The van der Waals surface area contributed by atoms with E-state index in [0.717, 1.165) is 51.2 Å². The maximum Gasteiger partial charge on any atom is 0.265 e. The van der Waals surface area contributed by atoms with E-state index < -0.39 is 6.04 Å². The van der Waals surface area contributed by atoms with Crippen LogP contribution in [0.3, 0.4) is 0 Å². The van der Waals surface area contributed by atoms with Crippen molar-refractivity contribution in [3.63, 3.8) is 0 Å². The van der Waals surface area contributed by atoms with Gasteiger partial charge in [0, 0.05) is 66.1 Å². The topological polar surface area (TPSA) is 203 Å². The van der Waals surface area contributed by atoms with Crippen molar-refractivity contribution in [1.29, 1.82) is 5.26 Å². The van der Waals surface area contributed by atoms with Crippen molar-refractivity contribution in [2.45, 2.75) is 44.9 Å². The van der Waals surface area contributed by atoms with Crippen molar-refractivity contribution in [3.05, 3.63) is 170 Å². The lowest BCUT2D eigenvalue weighted by molar-refractivity contribution is -0.128. The van der Waals surface area contributed by atoms with Crippen molar-refractivity contribution in [2.75, 3.05) is 96.0 Å². The van der Waals surface area contributed by atoms with Crippen LogP contribution >= 0.6 is 22.9 Å². The van der Waals surface area contributed by atoms with Gasteiger partial charge >= 0.3 is 0 Å². The van der Waals surface area contributed by atoms with E-state index >= 15 is 0 Å². The maximum absolute atomic E-state index is 13.7. The number of rotatable bonds is 28. The number of nitrogens with zero attached hydrogens (tertiary/aromatic N) is 4. The number of aromatic nitrogens is 1. The lowest BCUT2D eigenvalue weighted by atomic mass is 9.88. The minimum absolute atomic E-state index is 0.000843. The molecule has 5 aromatic carbocycles. The molecule has 0 saturated heterocycles. The molecule has 412 valence electrons. The summed E-state index contributed by atoms with van der Waals surface area (Å²) in [6, 6.07) is 38.0. The van der Waals surface area contributed by atoms with Gasteiger partial charge in [0.05, 0.1) is 78.2 Å². The molecule has 8 rings (SSSR count). The molecular weight excluding hydrogens is 1050 g/mol. The number of nitriles is 1. The number of thiazole rings is 1. The molecule has 3 heterocycles. The SMILES string of the molecule is CC(=O)N1c2ccc(-c3ccc(C(=O)NCCOCCOCCOCCOCCOCCNC(=O)COc4ccc(C5c6ccccc6CN5C(=O)C(C#N)=Cc5nccs5)cc4)cc3)cc2[C@H](Nc2ccc(Cl)cc2)C[C@@H]1C. The van der Waals surface area contributed by atoms with E-state index in [1.807, 2.05) is 89.8 Å². The zero-order chi connectivity index (χ0) is 55.3. The van der Waals surface area contributed by atoms with Crippen molar-refractivity contribution < 1.29 is 47.6 Å². The molecule has 0 fully saturated rings. The number of anilines is 2. The first-order valence-corrected chi connectivity index (χ1v) is 27.4. The molecule has 1 unspecified atom stereocenters. The minimum atomic E-state index is -0.400. The van der Waals surface area contributed by atoms with Crippen LogP contribution in [0, 0.1) is 11.3 Å². The zero-order valence-corrected chi connectivity index (χ0v) is 45.8. The molecule has 0 radical (unpaired) electrons. The number of ether oxygens (including phenoxy) is 6. The molecular formula is C60H64ClN7O10S. The lowest BCUT2D eigenvalue weighted by Crippen LogP contribution is -2.43. The number of carbonyl (C=O) groups excluding carboxylic acids is 4. The molecule has 0 saturated carbocycles. The second-order valence-electron chi connectivity index (χ2n) is 18.6. The summed E-state index contributed by atoms with van der Waals surface area (Å²) in [6.45, 7) is 8.28. The van der Waals surface area contributed by atoms with Crippen LogP contribution in [0.4, 0.5) is 11.4 Å². The molecule has 0 spiro atoms. The monoisotopic (exact) mass is 1110 g/mol. The summed E-state index contributed by atoms with van der Waals surface area (Å²) in [7, 11) is 0. The van der Waals surface area contributed by atoms with E-state index in [9.17, 15) is 24.4 Å². The Balaban J connectivity index is 0.618. The van der Waals surface area contributed by atoms with E-state index in [-0.39, 0.29) is 47.9 Å². The Bertz CT molecular complexity index is 3050. The molecule has 0 bridgehead atoms. The molecule has 4 amide bonds. The third-order valence-electron chi connectivity index (χ3n) is 13.2. The zero-order valence-electron chi connectivity index (χ0n) is 44.2. The number of fused-ring (bicyclic) bond motifs is 2. The Hall–Kier alpha value is -7.47. The summed E-state index contributed by atoms with van der Waals surface area (Å²) in [5.74, 6) is -0.362. The number of carbonyl (C=O) groups is 4. The summed E-state index contributed by atoms with van der Waals surface area (Å²) in [6.07, 6.45) is 3.89. The highest BCUT2D eigenvalue weighted by molar-refractivity contribution is 7.10. The fourth-order valence-corrected chi connectivity index (χ4v) is 10.1. The van der Waals surface area contributed by atoms with Crippen LogP contribution in [0.2, 0.25) is 5.02 Å². The normalized spacial score (nSPS) is 15.7. The molecule has 3 atom stereocenters. The highest BCUT2D eigenvalue weighted by Gasteiger charge is 2.36. The van der Waals surface area contributed by atoms with Crippen LogP contribution in [-0.4, -0.2) is 125 Å². The highest BCUT2D eigenvalue weighted by atomic mass is 35.5. The predicted molar refractivity (Wildman–Crippen MR) is 303 cm³/mol. The first-order chi connectivity index (χ1) is 38.6. The maximum atomic E-state index is 13.7. The quantitative estimate of drug-likeness (QED) is 0.0239. The largest absolute Gasteiger partial charge is 0.484 e. The van der Waals surface area contributed by atoms with Crippen molar-refractivity contribution in [3.8, 4) is 22.9 Å². The van der Waals surface area contributed by atoms with Gasteiger partial charge in [-0.3, -0.25) is 19.2 Å². The van der Waals surface area contributed by atoms with Gasteiger partial charge in [-0.2, -0.15) is 5.26 Å². The Labute approximate surface area is 469 Å². The van der Waals surface area contributed by atoms with Gasteiger partial charge < -0.3 is 54.2 Å². The molecule has 3 N–H and O–H groups in total. The van der Waals surface area contributed by atoms with E-state index in [2.05, 4.69) is 40.0 Å². The van der Waals surface area contributed by atoms with Gasteiger partial charge in [-0.1, -0.05) is 66.2 Å². The number of benzene rings is 5. The summed E-state index contributed by atoms with van der Waals surface area (Å²) in [5.41, 5.74) is 8.20. The number of hydrogen-bond donors (Lipinski definition) is 3. The van der Waals surface area contributed by atoms with Crippen LogP contribution in [0.25, 0.3) is 17.2 Å². The average molecular weight is 1110 g/mol. The first kappa shape index (κ1) is 57.7. The molecule has 79 heavy (non-hydrogen) atoms.